The molecule has 5 N–H and O–H groups in total. The maximum atomic E-state index is 13.7. The van der Waals surface area contributed by atoms with Gasteiger partial charge in [-0.2, -0.15) is 9.97 Å². The summed E-state index contributed by atoms with van der Waals surface area (Å²) in [4.78, 5) is 37.3. The van der Waals surface area contributed by atoms with Crippen LogP contribution in [0.3, 0.4) is 0 Å². The first-order valence-electron chi connectivity index (χ1n) is 12.5. The van der Waals surface area contributed by atoms with E-state index in [2.05, 4.69) is 37.0 Å². The van der Waals surface area contributed by atoms with E-state index in [4.69, 9.17) is 19.9 Å². The zero-order valence-corrected chi connectivity index (χ0v) is 23.3. The number of nitrogens with zero attached hydrogens (tertiary/aromatic N) is 4. The van der Waals surface area contributed by atoms with Gasteiger partial charge in [0.25, 0.3) is 0 Å². The van der Waals surface area contributed by atoms with Gasteiger partial charge < -0.3 is 29.8 Å². The van der Waals surface area contributed by atoms with Crippen LogP contribution in [-0.2, 0) is 34.9 Å². The fourth-order valence-corrected chi connectivity index (χ4v) is 5.34. The Labute approximate surface area is 222 Å². The molecule has 0 aliphatic rings. The van der Waals surface area contributed by atoms with Crippen LogP contribution in [0.25, 0.3) is 11.2 Å². The molecule has 0 saturated heterocycles. The number of hydrogen-bond acceptors (Lipinski definition) is 11. The Bertz CT molecular complexity index is 1090. The van der Waals surface area contributed by atoms with E-state index in [1.165, 1.54) is 13.8 Å². The minimum Gasteiger partial charge on any atom is -0.465 e. The monoisotopic (exact) mass is 554 g/mol. The van der Waals surface area contributed by atoms with E-state index in [0.29, 0.717) is 42.9 Å². The van der Waals surface area contributed by atoms with E-state index < -0.39 is 31.5 Å². The lowest BCUT2D eigenvalue weighted by Gasteiger charge is -2.26. The lowest BCUT2D eigenvalue weighted by Crippen LogP contribution is -2.43. The van der Waals surface area contributed by atoms with Crippen LogP contribution in [0.2, 0.25) is 0 Å². The first-order chi connectivity index (χ1) is 18.1. The van der Waals surface area contributed by atoms with Crippen LogP contribution >= 0.6 is 7.44 Å². The van der Waals surface area contributed by atoms with E-state index in [1.807, 2.05) is 13.8 Å². The Hall–Kier alpha value is -3.06. The van der Waals surface area contributed by atoms with Crippen molar-refractivity contribution in [2.75, 3.05) is 43.8 Å². The molecule has 2 rings (SSSR count). The normalized spacial score (nSPS) is 13.2. The van der Waals surface area contributed by atoms with Gasteiger partial charge in [-0.25, -0.2) is 15.2 Å². The van der Waals surface area contributed by atoms with Crippen LogP contribution in [0.1, 0.15) is 40.5 Å². The van der Waals surface area contributed by atoms with Gasteiger partial charge in [0.2, 0.25) is 13.4 Å². The number of nitrogen functional groups attached to an aromatic ring is 1. The summed E-state index contributed by atoms with van der Waals surface area (Å²) in [6, 6.07) is -1.80. The third-order valence-corrected chi connectivity index (χ3v) is 7.21. The molecule has 2 atom stereocenters. The molecule has 0 aromatic carbocycles. The average Bonchev–Trinajstić information content (AvgIpc) is 3.29. The number of fused-ring (bicyclic) bond motifs is 1. The molecule has 2 aromatic rings. The molecule has 15 heteroatoms. The Morgan fingerprint density at radius 2 is 1.71 bits per heavy atom. The third-order valence-electron chi connectivity index (χ3n) is 5.05. The number of rotatable bonds is 18. The number of ether oxygens (including phenoxy) is 3. The highest BCUT2D eigenvalue weighted by Gasteiger charge is 2.32. The molecule has 0 spiro atoms. The standard InChI is InChI=1S/C23H39N8O6P/c1-6-9-25-19-18-20(28-23(24)27-19)31(14-26-18)10-13-35-15-38(34,29-16(4)21(32)36-11-7-2)30-17(5)22(33)37-12-8-3/h6,14,16-17H,1,7-13,15H2,2-5H3,(H2,29,30,34)(H3,24,25,27,28)/t16-,17-/m0/s1. The second-order valence-electron chi connectivity index (χ2n) is 8.52. The SMILES string of the molecule is C=CCNc1nc(N)nc2c1ncn2CCOCP(=O)(N[C@@H](C)C(=O)OCCC)N[C@@H](C)C(=O)OCCC. The summed E-state index contributed by atoms with van der Waals surface area (Å²) in [5.41, 5.74) is 6.89. The quantitative estimate of drug-likeness (QED) is 0.0909. The zero-order valence-electron chi connectivity index (χ0n) is 22.4. The van der Waals surface area contributed by atoms with Crippen molar-refractivity contribution in [2.24, 2.45) is 0 Å². The largest absolute Gasteiger partial charge is 0.465 e. The van der Waals surface area contributed by atoms with Gasteiger partial charge in [0.15, 0.2) is 17.0 Å². The molecule has 0 unspecified atom stereocenters. The van der Waals surface area contributed by atoms with Gasteiger partial charge in [-0.05, 0) is 26.7 Å². The van der Waals surface area contributed by atoms with Crippen LogP contribution in [0, 0.1) is 0 Å². The highest BCUT2D eigenvalue weighted by molar-refractivity contribution is 7.59. The van der Waals surface area contributed by atoms with Crippen molar-refractivity contribution in [1.29, 1.82) is 0 Å². The number of esters is 2. The van der Waals surface area contributed by atoms with Crippen molar-refractivity contribution >= 4 is 42.3 Å². The molecule has 0 saturated carbocycles. The summed E-state index contributed by atoms with van der Waals surface area (Å²) in [6.45, 7) is 11.9. The molecule has 14 nitrogen and oxygen atoms in total. The van der Waals surface area contributed by atoms with Crippen molar-refractivity contribution in [3.63, 3.8) is 0 Å². The molecule has 2 heterocycles. The van der Waals surface area contributed by atoms with Gasteiger partial charge in [-0.3, -0.25) is 14.2 Å². The lowest BCUT2D eigenvalue weighted by atomic mass is 10.4. The summed E-state index contributed by atoms with van der Waals surface area (Å²) >= 11 is 0. The molecule has 0 aliphatic heterocycles. The second kappa shape index (κ2) is 15.4. The molecule has 0 aliphatic carbocycles. The number of hydrogen-bond donors (Lipinski definition) is 4. The molecular weight excluding hydrogens is 515 g/mol. The molecular formula is C23H39N8O6P. The van der Waals surface area contributed by atoms with Gasteiger partial charge in [0.05, 0.1) is 26.1 Å². The Balaban J connectivity index is 2.08. The van der Waals surface area contributed by atoms with Crippen molar-refractivity contribution in [3.8, 4) is 0 Å². The topological polar surface area (TPSA) is 185 Å². The Morgan fingerprint density at radius 1 is 1.11 bits per heavy atom. The number of nitrogens with one attached hydrogen (secondary N) is 3. The molecule has 0 amide bonds. The van der Waals surface area contributed by atoms with Crippen molar-refractivity contribution in [2.45, 2.75) is 59.2 Å². The number of aromatic nitrogens is 4. The lowest BCUT2D eigenvalue weighted by molar-refractivity contribution is -0.145. The number of carbonyl (C=O) groups excluding carboxylic acids is 2. The van der Waals surface area contributed by atoms with Crippen molar-refractivity contribution < 1.29 is 28.4 Å². The highest BCUT2D eigenvalue weighted by Crippen LogP contribution is 2.37. The van der Waals surface area contributed by atoms with E-state index in [9.17, 15) is 14.2 Å². The van der Waals surface area contributed by atoms with Crippen molar-refractivity contribution in [3.05, 3.63) is 19.0 Å². The Morgan fingerprint density at radius 3 is 2.26 bits per heavy atom. The molecule has 38 heavy (non-hydrogen) atoms. The zero-order chi connectivity index (χ0) is 28.1. The molecule has 212 valence electrons. The Kier molecular flexibility index (Phi) is 12.6. The van der Waals surface area contributed by atoms with Gasteiger partial charge >= 0.3 is 11.9 Å². The van der Waals surface area contributed by atoms with Gasteiger partial charge in [-0.15, -0.1) is 6.58 Å². The van der Waals surface area contributed by atoms with Crippen LogP contribution < -0.4 is 21.2 Å². The maximum absolute atomic E-state index is 13.7. The van der Waals surface area contributed by atoms with Crippen LogP contribution in [0.4, 0.5) is 11.8 Å². The average molecular weight is 555 g/mol. The van der Waals surface area contributed by atoms with Crippen LogP contribution in [-0.4, -0.2) is 76.3 Å². The minimum atomic E-state index is -3.60. The summed E-state index contributed by atoms with van der Waals surface area (Å²) in [5, 5.41) is 8.61. The summed E-state index contributed by atoms with van der Waals surface area (Å²) in [6.07, 6.45) is 4.27. The summed E-state index contributed by atoms with van der Waals surface area (Å²) < 4.78 is 31.4. The number of nitrogens with two attached hydrogens (primary N) is 1. The number of imidazole rings is 1. The van der Waals surface area contributed by atoms with Crippen molar-refractivity contribution in [1.82, 2.24) is 29.7 Å². The number of anilines is 2. The molecule has 0 fully saturated rings. The van der Waals surface area contributed by atoms with Gasteiger partial charge in [-0.1, -0.05) is 19.9 Å². The molecule has 0 radical (unpaired) electrons. The second-order valence-corrected chi connectivity index (χ2v) is 10.8. The molecule has 0 bridgehead atoms. The predicted octanol–water partition coefficient (Wildman–Crippen LogP) is 2.04. The van der Waals surface area contributed by atoms with Crippen LogP contribution in [0.15, 0.2) is 19.0 Å². The fourth-order valence-electron chi connectivity index (χ4n) is 3.27. The molecule has 2 aromatic heterocycles. The summed E-state index contributed by atoms with van der Waals surface area (Å²) in [5.74, 6) is -0.549. The highest BCUT2D eigenvalue weighted by atomic mass is 31.2. The fraction of sp³-hybridized carbons (Fsp3) is 0.609. The minimum absolute atomic E-state index is 0.0810. The number of carbonyl (C=O) groups is 2. The maximum Gasteiger partial charge on any atom is 0.323 e. The van der Waals surface area contributed by atoms with E-state index >= 15 is 0 Å². The van der Waals surface area contributed by atoms with Gasteiger partial charge in [0, 0.05) is 13.1 Å². The van der Waals surface area contributed by atoms with Crippen LogP contribution in [0.5, 0.6) is 0 Å². The smallest absolute Gasteiger partial charge is 0.323 e. The van der Waals surface area contributed by atoms with E-state index in [0.717, 1.165) is 0 Å². The first-order valence-corrected chi connectivity index (χ1v) is 14.4. The first kappa shape index (κ1) is 31.2. The summed E-state index contributed by atoms with van der Waals surface area (Å²) in [7, 11) is -3.60. The van der Waals surface area contributed by atoms with E-state index in [-0.39, 0.29) is 32.1 Å². The third kappa shape index (κ3) is 9.35. The van der Waals surface area contributed by atoms with Gasteiger partial charge in [0.1, 0.15) is 18.4 Å². The predicted molar refractivity (Wildman–Crippen MR) is 145 cm³/mol. The van der Waals surface area contributed by atoms with E-state index in [1.54, 1.807) is 17.0 Å².